The summed E-state index contributed by atoms with van der Waals surface area (Å²) in [7, 11) is 1.60. The summed E-state index contributed by atoms with van der Waals surface area (Å²) in [5.41, 5.74) is 4.06. The Morgan fingerprint density at radius 1 is 1.08 bits per heavy atom. The highest BCUT2D eigenvalue weighted by Gasteiger charge is 2.23. The molecule has 1 unspecified atom stereocenters. The van der Waals surface area contributed by atoms with Crippen molar-refractivity contribution in [2.24, 2.45) is 0 Å². The minimum Gasteiger partial charge on any atom is -0.355 e. The molecule has 0 bridgehead atoms. The predicted octanol–water partition coefficient (Wildman–Crippen LogP) is 1.80. The molecule has 0 radical (unpaired) electrons. The quantitative estimate of drug-likeness (QED) is 0.779. The standard InChI is InChI=1S/C19H21N3O2.ClH/c1-20-18(23)14-8-6-13(7-9-14)11-22-19(24)17-10-15-4-2-3-5-16(15)12-21-17;/h2-9,17,21H,10-12H2,1H3,(H,20,23)(H,22,24);1H. The first-order valence-electron chi connectivity index (χ1n) is 8.06. The van der Waals surface area contributed by atoms with Crippen LogP contribution in [0.5, 0.6) is 0 Å². The van der Waals surface area contributed by atoms with Gasteiger partial charge >= 0.3 is 0 Å². The molecule has 0 saturated heterocycles. The zero-order chi connectivity index (χ0) is 16.9. The van der Waals surface area contributed by atoms with Crippen LogP contribution in [0.1, 0.15) is 27.0 Å². The van der Waals surface area contributed by atoms with Gasteiger partial charge in [0.15, 0.2) is 0 Å². The van der Waals surface area contributed by atoms with Crippen LogP contribution in [0.2, 0.25) is 0 Å². The number of carbonyl (C=O) groups is 2. The van der Waals surface area contributed by atoms with Crippen molar-refractivity contribution >= 4 is 24.2 Å². The second-order valence-electron chi connectivity index (χ2n) is 5.90. The van der Waals surface area contributed by atoms with Gasteiger partial charge in [0, 0.05) is 25.7 Å². The lowest BCUT2D eigenvalue weighted by Crippen LogP contribution is -2.47. The fourth-order valence-corrected chi connectivity index (χ4v) is 2.87. The van der Waals surface area contributed by atoms with Crippen molar-refractivity contribution in [3.8, 4) is 0 Å². The molecule has 1 aliphatic heterocycles. The second-order valence-corrected chi connectivity index (χ2v) is 5.90. The van der Waals surface area contributed by atoms with Crippen LogP contribution in [0.4, 0.5) is 0 Å². The molecule has 5 nitrogen and oxygen atoms in total. The van der Waals surface area contributed by atoms with Gasteiger partial charge in [-0.15, -0.1) is 12.4 Å². The van der Waals surface area contributed by atoms with Crippen molar-refractivity contribution in [1.29, 1.82) is 0 Å². The molecule has 6 heteroatoms. The first kappa shape index (κ1) is 19.0. The fraction of sp³-hybridized carbons (Fsp3) is 0.263. The van der Waals surface area contributed by atoms with E-state index in [4.69, 9.17) is 0 Å². The number of carbonyl (C=O) groups excluding carboxylic acids is 2. The second kappa shape index (κ2) is 8.65. The number of amides is 2. The van der Waals surface area contributed by atoms with Crippen LogP contribution in [0.15, 0.2) is 48.5 Å². The van der Waals surface area contributed by atoms with E-state index in [-0.39, 0.29) is 30.3 Å². The van der Waals surface area contributed by atoms with Crippen molar-refractivity contribution < 1.29 is 9.59 Å². The Labute approximate surface area is 153 Å². The summed E-state index contributed by atoms with van der Waals surface area (Å²) >= 11 is 0. The molecule has 1 atom stereocenters. The highest BCUT2D eigenvalue weighted by Crippen LogP contribution is 2.16. The van der Waals surface area contributed by atoms with Gasteiger partial charge in [-0.3, -0.25) is 9.59 Å². The summed E-state index contributed by atoms with van der Waals surface area (Å²) in [6.07, 6.45) is 0.706. The molecule has 0 saturated carbocycles. The molecule has 1 aliphatic rings. The van der Waals surface area contributed by atoms with Crippen LogP contribution >= 0.6 is 12.4 Å². The zero-order valence-electron chi connectivity index (χ0n) is 14.0. The normalized spacial score (nSPS) is 15.5. The SMILES string of the molecule is CNC(=O)c1ccc(CNC(=O)C2Cc3ccccc3CN2)cc1.Cl. The third kappa shape index (κ3) is 4.59. The summed E-state index contributed by atoms with van der Waals surface area (Å²) < 4.78 is 0. The maximum atomic E-state index is 12.4. The Bertz CT molecular complexity index is 747. The monoisotopic (exact) mass is 359 g/mol. The third-order valence-electron chi connectivity index (χ3n) is 4.31. The van der Waals surface area contributed by atoms with E-state index in [9.17, 15) is 9.59 Å². The molecule has 0 aliphatic carbocycles. The number of hydrogen-bond donors (Lipinski definition) is 3. The van der Waals surface area contributed by atoms with Crippen molar-refractivity contribution in [2.45, 2.75) is 25.6 Å². The van der Waals surface area contributed by atoms with E-state index < -0.39 is 0 Å². The van der Waals surface area contributed by atoms with Crippen molar-refractivity contribution in [2.75, 3.05) is 7.05 Å². The summed E-state index contributed by atoms with van der Waals surface area (Å²) in [6.45, 7) is 1.17. The van der Waals surface area contributed by atoms with E-state index >= 15 is 0 Å². The molecule has 0 spiro atoms. The fourth-order valence-electron chi connectivity index (χ4n) is 2.87. The summed E-state index contributed by atoms with van der Waals surface area (Å²) in [5.74, 6) is -0.115. The number of benzene rings is 2. The van der Waals surface area contributed by atoms with Crippen LogP contribution in [-0.2, 0) is 24.3 Å². The first-order valence-corrected chi connectivity index (χ1v) is 8.06. The van der Waals surface area contributed by atoms with E-state index in [1.807, 2.05) is 24.3 Å². The van der Waals surface area contributed by atoms with Gasteiger partial charge in [0.25, 0.3) is 5.91 Å². The number of rotatable bonds is 4. The predicted molar refractivity (Wildman–Crippen MR) is 99.7 cm³/mol. The number of nitrogens with one attached hydrogen (secondary N) is 3. The van der Waals surface area contributed by atoms with Gasteiger partial charge in [0.2, 0.25) is 5.91 Å². The largest absolute Gasteiger partial charge is 0.355 e. The van der Waals surface area contributed by atoms with Crippen LogP contribution < -0.4 is 16.0 Å². The molecule has 1 heterocycles. The molecule has 3 rings (SSSR count). The summed E-state index contributed by atoms with van der Waals surface area (Å²) in [5, 5.41) is 8.82. The average Bonchev–Trinajstić information content (AvgIpc) is 2.65. The Hall–Kier alpha value is -2.37. The molecule has 25 heavy (non-hydrogen) atoms. The van der Waals surface area contributed by atoms with Crippen LogP contribution in [0, 0.1) is 0 Å². The smallest absolute Gasteiger partial charge is 0.251 e. The topological polar surface area (TPSA) is 70.2 Å². The summed E-state index contributed by atoms with van der Waals surface area (Å²) in [6, 6.07) is 15.2. The average molecular weight is 360 g/mol. The van der Waals surface area contributed by atoms with Gasteiger partial charge in [0.05, 0.1) is 6.04 Å². The van der Waals surface area contributed by atoms with Crippen molar-refractivity contribution in [1.82, 2.24) is 16.0 Å². The van der Waals surface area contributed by atoms with Gasteiger partial charge in [-0.2, -0.15) is 0 Å². The van der Waals surface area contributed by atoms with Crippen LogP contribution in [0.25, 0.3) is 0 Å². The van der Waals surface area contributed by atoms with Crippen LogP contribution in [-0.4, -0.2) is 24.9 Å². The molecule has 2 amide bonds. The van der Waals surface area contributed by atoms with Gasteiger partial charge in [-0.1, -0.05) is 36.4 Å². The number of hydrogen-bond acceptors (Lipinski definition) is 3. The van der Waals surface area contributed by atoms with E-state index in [1.165, 1.54) is 11.1 Å². The first-order chi connectivity index (χ1) is 11.7. The highest BCUT2D eigenvalue weighted by molar-refractivity contribution is 5.94. The van der Waals surface area contributed by atoms with Gasteiger partial charge in [-0.25, -0.2) is 0 Å². The number of halogens is 1. The Morgan fingerprint density at radius 3 is 2.44 bits per heavy atom. The van der Waals surface area contributed by atoms with E-state index in [0.29, 0.717) is 18.5 Å². The molecule has 0 aromatic heterocycles. The molecule has 3 N–H and O–H groups in total. The molecular formula is C19H22ClN3O2. The van der Waals surface area contributed by atoms with E-state index in [1.54, 1.807) is 19.2 Å². The Balaban J connectivity index is 0.00000225. The van der Waals surface area contributed by atoms with Gasteiger partial charge in [-0.05, 0) is 35.2 Å². The maximum Gasteiger partial charge on any atom is 0.251 e. The molecule has 132 valence electrons. The molecule has 2 aromatic carbocycles. The summed E-state index contributed by atoms with van der Waals surface area (Å²) in [4.78, 5) is 23.9. The van der Waals surface area contributed by atoms with Crippen LogP contribution in [0.3, 0.4) is 0 Å². The zero-order valence-corrected chi connectivity index (χ0v) is 14.9. The van der Waals surface area contributed by atoms with E-state index in [0.717, 1.165) is 12.1 Å². The molecular weight excluding hydrogens is 338 g/mol. The van der Waals surface area contributed by atoms with Gasteiger partial charge < -0.3 is 16.0 Å². The maximum absolute atomic E-state index is 12.4. The lowest BCUT2D eigenvalue weighted by atomic mass is 9.95. The Morgan fingerprint density at radius 2 is 1.76 bits per heavy atom. The molecule has 2 aromatic rings. The third-order valence-corrected chi connectivity index (χ3v) is 4.31. The van der Waals surface area contributed by atoms with Crippen molar-refractivity contribution in [3.63, 3.8) is 0 Å². The number of fused-ring (bicyclic) bond motifs is 1. The highest BCUT2D eigenvalue weighted by atomic mass is 35.5. The lowest BCUT2D eigenvalue weighted by Gasteiger charge is -2.25. The minimum atomic E-state index is -0.204. The Kier molecular flexibility index (Phi) is 6.56. The van der Waals surface area contributed by atoms with Gasteiger partial charge in [0.1, 0.15) is 0 Å². The lowest BCUT2D eigenvalue weighted by molar-refractivity contribution is -0.123. The van der Waals surface area contributed by atoms with E-state index in [2.05, 4.69) is 28.1 Å². The van der Waals surface area contributed by atoms with Crippen molar-refractivity contribution in [3.05, 3.63) is 70.8 Å². The minimum absolute atomic E-state index is 0. The molecule has 0 fully saturated rings.